The number of anilines is 1. The van der Waals surface area contributed by atoms with Crippen molar-refractivity contribution in [3.63, 3.8) is 0 Å². The van der Waals surface area contributed by atoms with Gasteiger partial charge in [0.15, 0.2) is 0 Å². The summed E-state index contributed by atoms with van der Waals surface area (Å²) in [4.78, 5) is 2.59. The van der Waals surface area contributed by atoms with Crippen LogP contribution in [-0.4, -0.2) is 32.8 Å². The topological polar surface area (TPSA) is 38.5 Å². The number of fused-ring (bicyclic) bond motifs is 1. The van der Waals surface area contributed by atoms with E-state index in [0.717, 1.165) is 38.5 Å². The summed E-state index contributed by atoms with van der Waals surface area (Å²) >= 11 is 0. The lowest BCUT2D eigenvalue weighted by molar-refractivity contribution is 0.0683. The normalized spacial score (nSPS) is 19.4. The predicted molar refractivity (Wildman–Crippen MR) is 83.3 cm³/mol. The van der Waals surface area contributed by atoms with Gasteiger partial charge in [-0.3, -0.25) is 0 Å². The van der Waals surface area contributed by atoms with Crippen LogP contribution in [0.4, 0.5) is 5.69 Å². The molecule has 0 aromatic heterocycles. The van der Waals surface area contributed by atoms with Gasteiger partial charge >= 0.3 is 0 Å². The highest BCUT2D eigenvalue weighted by Gasteiger charge is 2.23. The number of aryl methyl sites for hydroxylation is 1. The molecule has 0 atom stereocenters. The van der Waals surface area contributed by atoms with Crippen LogP contribution in [0, 0.1) is 5.92 Å². The lowest BCUT2D eigenvalue weighted by Crippen LogP contribution is -2.31. The SMILES string of the molecule is NCCCc1ccc2c(c1)N(CC1CCOCC1)CC2. The minimum absolute atomic E-state index is 0.781. The highest BCUT2D eigenvalue weighted by atomic mass is 16.5. The number of hydrogen-bond donors (Lipinski definition) is 1. The molecule has 20 heavy (non-hydrogen) atoms. The van der Waals surface area contributed by atoms with E-state index < -0.39 is 0 Å². The summed E-state index contributed by atoms with van der Waals surface area (Å²) in [6.45, 7) is 5.07. The van der Waals surface area contributed by atoms with E-state index in [2.05, 4.69) is 23.1 Å². The zero-order chi connectivity index (χ0) is 13.8. The third kappa shape index (κ3) is 3.15. The molecule has 2 heterocycles. The van der Waals surface area contributed by atoms with Gasteiger partial charge in [0.05, 0.1) is 0 Å². The van der Waals surface area contributed by atoms with Crippen LogP contribution in [0.2, 0.25) is 0 Å². The molecule has 0 saturated carbocycles. The molecular weight excluding hydrogens is 248 g/mol. The lowest BCUT2D eigenvalue weighted by atomic mass is 9.99. The summed E-state index contributed by atoms with van der Waals surface area (Å²) in [7, 11) is 0. The molecule has 0 spiro atoms. The molecule has 3 nitrogen and oxygen atoms in total. The second-order valence-electron chi connectivity index (χ2n) is 6.11. The second-order valence-corrected chi connectivity index (χ2v) is 6.11. The molecule has 1 fully saturated rings. The molecule has 3 heteroatoms. The van der Waals surface area contributed by atoms with Crippen molar-refractivity contribution in [2.45, 2.75) is 32.1 Å². The van der Waals surface area contributed by atoms with Crippen molar-refractivity contribution >= 4 is 5.69 Å². The Hall–Kier alpha value is -1.06. The molecule has 0 bridgehead atoms. The third-order valence-electron chi connectivity index (χ3n) is 4.63. The van der Waals surface area contributed by atoms with E-state index >= 15 is 0 Å². The van der Waals surface area contributed by atoms with Gasteiger partial charge in [-0.1, -0.05) is 12.1 Å². The van der Waals surface area contributed by atoms with Gasteiger partial charge in [0.1, 0.15) is 0 Å². The summed E-state index contributed by atoms with van der Waals surface area (Å²) in [6, 6.07) is 7.01. The van der Waals surface area contributed by atoms with E-state index in [9.17, 15) is 0 Å². The summed E-state index contributed by atoms with van der Waals surface area (Å²) < 4.78 is 5.47. The average Bonchev–Trinajstić information content (AvgIpc) is 2.89. The van der Waals surface area contributed by atoms with E-state index in [4.69, 9.17) is 10.5 Å². The van der Waals surface area contributed by atoms with Crippen LogP contribution in [0.1, 0.15) is 30.4 Å². The third-order valence-corrected chi connectivity index (χ3v) is 4.63. The summed E-state index contributed by atoms with van der Waals surface area (Å²) in [6.07, 6.45) is 5.83. The predicted octanol–water partition coefficient (Wildman–Crippen LogP) is 2.37. The largest absolute Gasteiger partial charge is 0.381 e. The van der Waals surface area contributed by atoms with Crippen molar-refractivity contribution in [2.75, 3.05) is 37.7 Å². The minimum Gasteiger partial charge on any atom is -0.381 e. The molecule has 1 aromatic rings. The number of benzene rings is 1. The molecule has 0 amide bonds. The van der Waals surface area contributed by atoms with Crippen LogP contribution >= 0.6 is 0 Å². The van der Waals surface area contributed by atoms with E-state index in [-0.39, 0.29) is 0 Å². The molecule has 2 N–H and O–H groups in total. The van der Waals surface area contributed by atoms with Gasteiger partial charge in [-0.2, -0.15) is 0 Å². The first kappa shape index (κ1) is 13.9. The molecule has 110 valence electrons. The quantitative estimate of drug-likeness (QED) is 0.896. The first-order valence-corrected chi connectivity index (χ1v) is 8.01. The van der Waals surface area contributed by atoms with Gasteiger partial charge in [-0.05, 0) is 61.8 Å². The highest BCUT2D eigenvalue weighted by molar-refractivity contribution is 5.59. The van der Waals surface area contributed by atoms with Crippen molar-refractivity contribution in [3.05, 3.63) is 29.3 Å². The number of nitrogens with zero attached hydrogens (tertiary/aromatic N) is 1. The molecule has 0 radical (unpaired) electrons. The Morgan fingerprint density at radius 3 is 2.90 bits per heavy atom. The molecule has 1 aromatic carbocycles. The number of ether oxygens (including phenoxy) is 1. The Morgan fingerprint density at radius 1 is 1.25 bits per heavy atom. The first-order valence-electron chi connectivity index (χ1n) is 8.01. The van der Waals surface area contributed by atoms with Crippen molar-refractivity contribution in [1.29, 1.82) is 0 Å². The first-order chi connectivity index (χ1) is 9.86. The Labute approximate surface area is 122 Å². The fourth-order valence-electron chi connectivity index (χ4n) is 3.38. The van der Waals surface area contributed by atoms with Crippen LogP contribution in [0.3, 0.4) is 0 Å². The maximum atomic E-state index is 5.62. The standard InChI is InChI=1S/C17H26N2O/c18-8-1-2-14-3-4-16-5-9-19(17(16)12-14)13-15-6-10-20-11-7-15/h3-4,12,15H,1-2,5-11,13,18H2. The van der Waals surface area contributed by atoms with Crippen molar-refractivity contribution in [2.24, 2.45) is 11.7 Å². The monoisotopic (exact) mass is 274 g/mol. The van der Waals surface area contributed by atoms with Crippen LogP contribution < -0.4 is 10.6 Å². The van der Waals surface area contributed by atoms with Crippen molar-refractivity contribution in [1.82, 2.24) is 0 Å². The molecule has 0 aliphatic carbocycles. The van der Waals surface area contributed by atoms with Gasteiger partial charge < -0.3 is 15.4 Å². The Balaban J connectivity index is 1.67. The van der Waals surface area contributed by atoms with Crippen LogP contribution in [-0.2, 0) is 17.6 Å². The molecule has 3 rings (SSSR count). The van der Waals surface area contributed by atoms with Crippen molar-refractivity contribution < 1.29 is 4.74 Å². The maximum absolute atomic E-state index is 5.62. The Bertz CT molecular complexity index is 441. The molecule has 2 aliphatic heterocycles. The zero-order valence-corrected chi connectivity index (χ0v) is 12.3. The van der Waals surface area contributed by atoms with Gasteiger partial charge in [0.2, 0.25) is 0 Å². The summed E-state index contributed by atoms with van der Waals surface area (Å²) in [5.41, 5.74) is 10.1. The molecular formula is C17H26N2O. The van der Waals surface area contributed by atoms with Gasteiger partial charge in [0, 0.05) is 32.0 Å². The van der Waals surface area contributed by atoms with E-state index in [1.807, 2.05) is 0 Å². The van der Waals surface area contributed by atoms with Gasteiger partial charge in [-0.25, -0.2) is 0 Å². The fraction of sp³-hybridized carbons (Fsp3) is 0.647. The summed E-state index contributed by atoms with van der Waals surface area (Å²) in [5, 5.41) is 0. The highest BCUT2D eigenvalue weighted by Crippen LogP contribution is 2.31. The maximum Gasteiger partial charge on any atom is 0.0469 e. The molecule has 1 saturated heterocycles. The lowest BCUT2D eigenvalue weighted by Gasteiger charge is -2.28. The van der Waals surface area contributed by atoms with Crippen LogP contribution in [0.5, 0.6) is 0 Å². The molecule has 0 unspecified atom stereocenters. The second kappa shape index (κ2) is 6.59. The number of rotatable bonds is 5. The number of nitrogens with two attached hydrogens (primary N) is 1. The molecule has 2 aliphatic rings. The average molecular weight is 274 g/mol. The van der Waals surface area contributed by atoms with E-state index in [0.29, 0.717) is 0 Å². The van der Waals surface area contributed by atoms with E-state index in [1.54, 1.807) is 0 Å². The minimum atomic E-state index is 0.781. The smallest absolute Gasteiger partial charge is 0.0469 e. The van der Waals surface area contributed by atoms with E-state index in [1.165, 1.54) is 49.2 Å². The zero-order valence-electron chi connectivity index (χ0n) is 12.3. The summed E-state index contributed by atoms with van der Waals surface area (Å²) in [5.74, 6) is 0.808. The number of hydrogen-bond acceptors (Lipinski definition) is 3. The van der Waals surface area contributed by atoms with Gasteiger partial charge in [0.25, 0.3) is 0 Å². The Kier molecular flexibility index (Phi) is 4.58. The Morgan fingerprint density at radius 2 is 2.10 bits per heavy atom. The van der Waals surface area contributed by atoms with Crippen LogP contribution in [0.25, 0.3) is 0 Å². The van der Waals surface area contributed by atoms with Crippen molar-refractivity contribution in [3.8, 4) is 0 Å². The fourth-order valence-corrected chi connectivity index (χ4v) is 3.38. The van der Waals surface area contributed by atoms with Crippen LogP contribution in [0.15, 0.2) is 18.2 Å². The van der Waals surface area contributed by atoms with Gasteiger partial charge in [-0.15, -0.1) is 0 Å².